The molecule has 2 heteroatoms. The largest absolute Gasteiger partial charge is 0.375 e. The molecule has 0 aromatic heterocycles. The van der Waals surface area contributed by atoms with Crippen LogP contribution < -0.4 is 0 Å². The molecular formula is C21H31NO. The van der Waals surface area contributed by atoms with E-state index in [0.717, 1.165) is 38.6 Å². The van der Waals surface area contributed by atoms with Gasteiger partial charge in [0.25, 0.3) is 0 Å². The molecule has 0 aliphatic carbocycles. The van der Waals surface area contributed by atoms with Crippen molar-refractivity contribution < 1.29 is 4.79 Å². The Morgan fingerprint density at radius 3 is 2.39 bits per heavy atom. The number of carbonyl (C=O) groups excluding carboxylic acids is 1. The number of nitrogens with zero attached hydrogens (tertiary/aromatic N) is 1. The van der Waals surface area contributed by atoms with Gasteiger partial charge in [0.1, 0.15) is 6.29 Å². The summed E-state index contributed by atoms with van der Waals surface area (Å²) in [6.07, 6.45) is 9.32. The minimum atomic E-state index is 0.673. The lowest BCUT2D eigenvalue weighted by atomic mass is 10.0. The zero-order valence-electron chi connectivity index (χ0n) is 15.1. The van der Waals surface area contributed by atoms with Crippen LogP contribution in [0.4, 0.5) is 0 Å². The van der Waals surface area contributed by atoms with Gasteiger partial charge < -0.3 is 9.69 Å². The average molecular weight is 313 g/mol. The average Bonchev–Trinajstić information content (AvgIpc) is 2.56. The highest BCUT2D eigenvalue weighted by Crippen LogP contribution is 2.20. The van der Waals surface area contributed by atoms with Crippen LogP contribution in [-0.4, -0.2) is 24.3 Å². The van der Waals surface area contributed by atoms with E-state index in [1.165, 1.54) is 22.4 Å². The summed E-state index contributed by atoms with van der Waals surface area (Å²) < 4.78 is 0. The molecule has 126 valence electrons. The third-order valence-electron chi connectivity index (χ3n) is 4.05. The number of aldehydes is 1. The van der Waals surface area contributed by atoms with Crippen LogP contribution >= 0.6 is 0 Å². The zero-order valence-corrected chi connectivity index (χ0v) is 15.1. The first kappa shape index (κ1) is 19.2. The summed E-state index contributed by atoms with van der Waals surface area (Å²) in [4.78, 5) is 12.9. The normalized spacial score (nSPS) is 12.3. The van der Waals surface area contributed by atoms with Gasteiger partial charge in [0.15, 0.2) is 0 Å². The van der Waals surface area contributed by atoms with E-state index >= 15 is 0 Å². The standard InChI is InChI=1S/C21H31NO/c1-5-14-22(15-8-7-9-16-23)19(4)17-20(6-2)21-12-10-18(3)11-13-21/h6,10-13,16-17H,5,7-9,14-15H2,1-4H3/b19-17+,20-6+. The first-order valence-electron chi connectivity index (χ1n) is 8.72. The summed E-state index contributed by atoms with van der Waals surface area (Å²) in [6.45, 7) is 10.7. The number of unbranched alkanes of at least 4 members (excludes halogenated alkanes) is 2. The molecular weight excluding hydrogens is 282 g/mol. The topological polar surface area (TPSA) is 20.3 Å². The maximum Gasteiger partial charge on any atom is 0.119 e. The Balaban J connectivity index is 2.82. The molecule has 0 spiro atoms. The molecule has 0 amide bonds. The quantitative estimate of drug-likeness (QED) is 0.328. The Labute approximate surface area is 141 Å². The van der Waals surface area contributed by atoms with Crippen LogP contribution in [0.5, 0.6) is 0 Å². The van der Waals surface area contributed by atoms with Gasteiger partial charge in [-0.1, -0.05) is 42.8 Å². The lowest BCUT2D eigenvalue weighted by molar-refractivity contribution is -0.107. The lowest BCUT2D eigenvalue weighted by Gasteiger charge is -2.25. The number of carbonyl (C=O) groups is 1. The number of hydrogen-bond acceptors (Lipinski definition) is 2. The number of aryl methyl sites for hydroxylation is 1. The van der Waals surface area contributed by atoms with Gasteiger partial charge in [0, 0.05) is 25.2 Å². The fourth-order valence-electron chi connectivity index (χ4n) is 2.66. The highest BCUT2D eigenvalue weighted by Gasteiger charge is 2.06. The highest BCUT2D eigenvalue weighted by molar-refractivity contribution is 5.74. The minimum Gasteiger partial charge on any atom is -0.375 e. The molecule has 0 N–H and O–H groups in total. The highest BCUT2D eigenvalue weighted by atomic mass is 16.1. The van der Waals surface area contributed by atoms with Crippen LogP contribution in [-0.2, 0) is 4.79 Å². The number of rotatable bonds is 10. The lowest BCUT2D eigenvalue weighted by Crippen LogP contribution is -2.24. The Bertz CT molecular complexity index is 525. The van der Waals surface area contributed by atoms with Crippen LogP contribution in [0.1, 0.15) is 57.6 Å². The van der Waals surface area contributed by atoms with Gasteiger partial charge in [-0.2, -0.15) is 0 Å². The first-order valence-corrected chi connectivity index (χ1v) is 8.72. The molecule has 2 nitrogen and oxygen atoms in total. The maximum absolute atomic E-state index is 10.4. The smallest absolute Gasteiger partial charge is 0.119 e. The Kier molecular flexibility index (Phi) is 9.04. The molecule has 0 radical (unpaired) electrons. The monoisotopic (exact) mass is 313 g/mol. The molecule has 1 aromatic rings. The van der Waals surface area contributed by atoms with Gasteiger partial charge in [-0.3, -0.25) is 0 Å². The molecule has 0 saturated carbocycles. The van der Waals surface area contributed by atoms with Crippen LogP contribution in [0.2, 0.25) is 0 Å². The maximum atomic E-state index is 10.4. The number of hydrogen-bond donors (Lipinski definition) is 0. The summed E-state index contributed by atoms with van der Waals surface area (Å²) in [5.41, 5.74) is 5.10. The second-order valence-corrected chi connectivity index (χ2v) is 6.05. The minimum absolute atomic E-state index is 0.673. The van der Waals surface area contributed by atoms with Crippen molar-refractivity contribution in [3.63, 3.8) is 0 Å². The number of allylic oxidation sites excluding steroid dienone is 4. The van der Waals surface area contributed by atoms with Gasteiger partial charge in [-0.25, -0.2) is 0 Å². The van der Waals surface area contributed by atoms with E-state index in [4.69, 9.17) is 0 Å². The number of benzene rings is 1. The summed E-state index contributed by atoms with van der Waals surface area (Å²) in [6, 6.07) is 8.68. The molecule has 23 heavy (non-hydrogen) atoms. The summed E-state index contributed by atoms with van der Waals surface area (Å²) in [7, 11) is 0. The van der Waals surface area contributed by atoms with Gasteiger partial charge in [0.2, 0.25) is 0 Å². The summed E-state index contributed by atoms with van der Waals surface area (Å²) in [5, 5.41) is 0. The van der Waals surface area contributed by atoms with Crippen molar-refractivity contribution in [2.24, 2.45) is 0 Å². The molecule has 0 heterocycles. The van der Waals surface area contributed by atoms with E-state index in [9.17, 15) is 4.79 Å². The molecule has 0 saturated heterocycles. The van der Waals surface area contributed by atoms with Gasteiger partial charge in [-0.05, 0) is 57.2 Å². The van der Waals surface area contributed by atoms with E-state index in [0.29, 0.717) is 6.42 Å². The van der Waals surface area contributed by atoms with Gasteiger partial charge in [0.05, 0.1) is 0 Å². The van der Waals surface area contributed by atoms with E-state index in [1.807, 2.05) is 0 Å². The van der Waals surface area contributed by atoms with Crippen molar-refractivity contribution in [2.45, 2.75) is 53.4 Å². The third kappa shape index (κ3) is 6.85. The molecule has 0 aliphatic heterocycles. The summed E-state index contributed by atoms with van der Waals surface area (Å²) >= 11 is 0. The van der Waals surface area contributed by atoms with E-state index in [1.54, 1.807) is 0 Å². The Morgan fingerprint density at radius 2 is 1.83 bits per heavy atom. The van der Waals surface area contributed by atoms with Crippen LogP contribution in [0.15, 0.2) is 42.1 Å². The first-order chi connectivity index (χ1) is 11.1. The van der Waals surface area contributed by atoms with Crippen LogP contribution in [0.25, 0.3) is 5.57 Å². The molecule has 1 rings (SSSR count). The third-order valence-corrected chi connectivity index (χ3v) is 4.05. The van der Waals surface area contributed by atoms with Crippen molar-refractivity contribution in [1.82, 2.24) is 4.90 Å². The van der Waals surface area contributed by atoms with Crippen LogP contribution in [0.3, 0.4) is 0 Å². The van der Waals surface area contributed by atoms with E-state index < -0.39 is 0 Å². The summed E-state index contributed by atoms with van der Waals surface area (Å²) in [5.74, 6) is 0. The Morgan fingerprint density at radius 1 is 1.13 bits per heavy atom. The van der Waals surface area contributed by atoms with Crippen molar-refractivity contribution in [1.29, 1.82) is 0 Å². The Hall–Kier alpha value is -1.83. The fraction of sp³-hybridized carbons (Fsp3) is 0.476. The predicted molar refractivity (Wildman–Crippen MR) is 100 cm³/mol. The second kappa shape index (κ2) is 10.8. The molecule has 0 unspecified atom stereocenters. The van der Waals surface area contributed by atoms with E-state index in [-0.39, 0.29) is 0 Å². The molecule has 0 fully saturated rings. The van der Waals surface area contributed by atoms with Crippen molar-refractivity contribution in [3.8, 4) is 0 Å². The van der Waals surface area contributed by atoms with E-state index in [2.05, 4.69) is 69.0 Å². The zero-order chi connectivity index (χ0) is 17.1. The second-order valence-electron chi connectivity index (χ2n) is 6.05. The molecule has 0 bridgehead atoms. The van der Waals surface area contributed by atoms with Crippen molar-refractivity contribution in [2.75, 3.05) is 13.1 Å². The molecule has 0 aliphatic rings. The molecule has 0 atom stereocenters. The van der Waals surface area contributed by atoms with Crippen molar-refractivity contribution in [3.05, 3.63) is 53.2 Å². The predicted octanol–water partition coefficient (Wildman–Crippen LogP) is 5.38. The fourth-order valence-corrected chi connectivity index (χ4v) is 2.66. The van der Waals surface area contributed by atoms with Crippen LogP contribution in [0, 0.1) is 6.92 Å². The van der Waals surface area contributed by atoms with Gasteiger partial charge >= 0.3 is 0 Å². The van der Waals surface area contributed by atoms with Crippen molar-refractivity contribution >= 4 is 11.9 Å². The SMILES string of the molecule is C/C=C(\C=C(/C)N(CCC)CCCCC=O)c1ccc(C)cc1. The molecule has 1 aromatic carbocycles. The van der Waals surface area contributed by atoms with Gasteiger partial charge in [-0.15, -0.1) is 0 Å².